The first-order chi connectivity index (χ1) is 18.0. The van der Waals surface area contributed by atoms with Gasteiger partial charge in [-0.15, -0.1) is 0 Å². The van der Waals surface area contributed by atoms with E-state index in [4.69, 9.17) is 5.41 Å². The highest BCUT2D eigenvalue weighted by atomic mass is 32.2. The number of alkyl halides is 3. The van der Waals surface area contributed by atoms with Gasteiger partial charge in [0.25, 0.3) is 0 Å². The Labute approximate surface area is 226 Å². The number of hydrogen-bond acceptors (Lipinski definition) is 5. The molecule has 11 heteroatoms. The van der Waals surface area contributed by atoms with Crippen LogP contribution in [-0.4, -0.2) is 29.6 Å². The van der Waals surface area contributed by atoms with Crippen LogP contribution in [0.1, 0.15) is 68.1 Å². The van der Waals surface area contributed by atoms with Crippen molar-refractivity contribution in [1.29, 1.82) is 5.41 Å². The fourth-order valence-corrected chi connectivity index (χ4v) is 5.73. The SMILES string of the molecule is CCC(Cc1ccc(F)cc1)C(C(=N)c1cc(C(F)(F)F)cnc1C)c1ccc(S(=O)(=O)NC(C)(C)C)cn1. The van der Waals surface area contributed by atoms with Crippen molar-refractivity contribution in [3.05, 3.63) is 88.8 Å². The molecular weight excluding hydrogens is 532 g/mol. The minimum atomic E-state index is -4.64. The summed E-state index contributed by atoms with van der Waals surface area (Å²) in [6, 6.07) is 9.66. The van der Waals surface area contributed by atoms with Crippen LogP contribution in [0, 0.1) is 24.1 Å². The zero-order chi connectivity index (χ0) is 29.2. The molecule has 0 bridgehead atoms. The van der Waals surface area contributed by atoms with Gasteiger partial charge in [-0.2, -0.15) is 13.2 Å². The van der Waals surface area contributed by atoms with Crippen molar-refractivity contribution in [2.45, 2.75) is 70.0 Å². The molecule has 3 rings (SSSR count). The molecule has 39 heavy (non-hydrogen) atoms. The van der Waals surface area contributed by atoms with Crippen LogP contribution in [0.2, 0.25) is 0 Å². The second kappa shape index (κ2) is 11.5. The summed E-state index contributed by atoms with van der Waals surface area (Å²) in [7, 11) is -3.88. The van der Waals surface area contributed by atoms with E-state index in [-0.39, 0.29) is 27.8 Å². The van der Waals surface area contributed by atoms with Crippen LogP contribution < -0.4 is 4.72 Å². The summed E-state index contributed by atoms with van der Waals surface area (Å²) in [5, 5.41) is 9.06. The van der Waals surface area contributed by atoms with Crippen molar-refractivity contribution < 1.29 is 26.0 Å². The second-order valence-corrected chi connectivity index (χ2v) is 12.2. The van der Waals surface area contributed by atoms with Gasteiger partial charge >= 0.3 is 6.18 Å². The summed E-state index contributed by atoms with van der Waals surface area (Å²) in [6.45, 7) is 8.53. The number of nitrogens with one attached hydrogen (secondary N) is 2. The molecular formula is C28H32F4N4O2S. The van der Waals surface area contributed by atoms with E-state index in [2.05, 4.69) is 14.7 Å². The molecule has 0 saturated heterocycles. The topological polar surface area (TPSA) is 95.8 Å². The minimum Gasteiger partial charge on any atom is -0.304 e. The van der Waals surface area contributed by atoms with E-state index >= 15 is 0 Å². The van der Waals surface area contributed by atoms with E-state index in [1.165, 1.54) is 37.4 Å². The van der Waals surface area contributed by atoms with Gasteiger partial charge in [-0.25, -0.2) is 17.5 Å². The van der Waals surface area contributed by atoms with Crippen molar-refractivity contribution in [3.8, 4) is 0 Å². The Bertz CT molecular complexity index is 1420. The van der Waals surface area contributed by atoms with Crippen LogP contribution in [0.25, 0.3) is 0 Å². The normalized spacial score (nSPS) is 14.2. The first kappa shape index (κ1) is 30.4. The molecule has 2 unspecified atom stereocenters. The van der Waals surface area contributed by atoms with Crippen LogP contribution in [0.3, 0.4) is 0 Å². The van der Waals surface area contributed by atoms with Gasteiger partial charge < -0.3 is 5.41 Å². The zero-order valence-corrected chi connectivity index (χ0v) is 23.2. The number of nitrogens with zero attached hydrogens (tertiary/aromatic N) is 2. The summed E-state index contributed by atoms with van der Waals surface area (Å²) in [4.78, 5) is 8.20. The van der Waals surface area contributed by atoms with E-state index in [1.54, 1.807) is 32.9 Å². The van der Waals surface area contributed by atoms with Crippen molar-refractivity contribution in [1.82, 2.24) is 14.7 Å². The summed E-state index contributed by atoms with van der Waals surface area (Å²) >= 11 is 0. The Balaban J connectivity index is 2.10. The standard InChI is InChI=1S/C28H32F4N4O2S/c1-6-19(13-18-7-9-21(29)10-8-18)25(26(33)23-14-20(28(30,31)32)15-34-17(23)2)24-12-11-22(16-35-24)39(37,38)36-27(3,4)5/h7-12,14-16,19,25,33,36H,6,13H2,1-5H3. The molecule has 0 aliphatic heterocycles. The molecule has 2 heterocycles. The van der Waals surface area contributed by atoms with Gasteiger partial charge in [0.15, 0.2) is 0 Å². The lowest BCUT2D eigenvalue weighted by molar-refractivity contribution is -0.137. The molecule has 2 N–H and O–H groups in total. The monoisotopic (exact) mass is 564 g/mol. The number of rotatable bonds is 9. The van der Waals surface area contributed by atoms with Gasteiger partial charge in [0.05, 0.1) is 5.56 Å². The first-order valence-electron chi connectivity index (χ1n) is 12.4. The minimum absolute atomic E-state index is 0.0280. The lowest BCUT2D eigenvalue weighted by Gasteiger charge is -2.28. The van der Waals surface area contributed by atoms with Gasteiger partial charge in [0.1, 0.15) is 10.7 Å². The summed E-state index contributed by atoms with van der Waals surface area (Å²) in [5.74, 6) is -1.51. The van der Waals surface area contributed by atoms with Crippen molar-refractivity contribution in [2.24, 2.45) is 5.92 Å². The lowest BCUT2D eigenvalue weighted by Crippen LogP contribution is -2.40. The maximum absolute atomic E-state index is 13.5. The molecule has 1 aromatic carbocycles. The summed E-state index contributed by atoms with van der Waals surface area (Å²) < 4.78 is 82.1. The number of benzene rings is 1. The molecule has 3 aromatic rings. The third-order valence-electron chi connectivity index (χ3n) is 6.25. The van der Waals surface area contributed by atoms with Gasteiger partial charge in [-0.3, -0.25) is 9.97 Å². The van der Waals surface area contributed by atoms with Gasteiger partial charge in [0, 0.05) is 46.5 Å². The fraction of sp³-hybridized carbons (Fsp3) is 0.393. The predicted octanol–water partition coefficient (Wildman–Crippen LogP) is 6.44. The molecule has 6 nitrogen and oxygen atoms in total. The van der Waals surface area contributed by atoms with Crippen molar-refractivity contribution in [3.63, 3.8) is 0 Å². The molecule has 2 atom stereocenters. The Hall–Kier alpha value is -3.18. The highest BCUT2D eigenvalue weighted by Crippen LogP contribution is 2.35. The second-order valence-electron chi connectivity index (χ2n) is 10.5. The van der Waals surface area contributed by atoms with E-state index in [0.717, 1.165) is 17.8 Å². The number of sulfonamides is 1. The quantitative estimate of drug-likeness (QED) is 0.231. The molecule has 0 saturated carbocycles. The van der Waals surface area contributed by atoms with Crippen molar-refractivity contribution >= 4 is 15.7 Å². The Morgan fingerprint density at radius 2 is 1.67 bits per heavy atom. The van der Waals surface area contributed by atoms with Crippen LogP contribution in [0.4, 0.5) is 17.6 Å². The molecule has 0 radical (unpaired) electrons. The number of aromatic nitrogens is 2. The molecule has 0 aliphatic carbocycles. The first-order valence-corrected chi connectivity index (χ1v) is 13.9. The van der Waals surface area contributed by atoms with E-state index < -0.39 is 39.0 Å². The average molecular weight is 565 g/mol. The molecule has 0 aliphatic rings. The highest BCUT2D eigenvalue weighted by molar-refractivity contribution is 7.89. The number of pyridine rings is 2. The molecule has 210 valence electrons. The van der Waals surface area contributed by atoms with Crippen LogP contribution >= 0.6 is 0 Å². The van der Waals surface area contributed by atoms with E-state index in [1.807, 2.05) is 6.92 Å². The summed E-state index contributed by atoms with van der Waals surface area (Å²) in [5.41, 5.74) is -0.409. The number of hydrogen-bond donors (Lipinski definition) is 2. The molecule has 0 spiro atoms. The fourth-order valence-electron chi connectivity index (χ4n) is 4.37. The summed E-state index contributed by atoms with van der Waals surface area (Å²) in [6.07, 6.45) is -1.81. The molecule has 2 aromatic heterocycles. The van der Waals surface area contributed by atoms with E-state index in [9.17, 15) is 26.0 Å². The van der Waals surface area contributed by atoms with Gasteiger partial charge in [-0.05, 0) is 75.9 Å². The maximum Gasteiger partial charge on any atom is 0.417 e. The largest absolute Gasteiger partial charge is 0.417 e. The van der Waals surface area contributed by atoms with Gasteiger partial charge in [0.2, 0.25) is 10.0 Å². The molecule has 0 amide bonds. The highest BCUT2D eigenvalue weighted by Gasteiger charge is 2.34. The maximum atomic E-state index is 13.5. The smallest absolute Gasteiger partial charge is 0.304 e. The van der Waals surface area contributed by atoms with Crippen molar-refractivity contribution in [2.75, 3.05) is 0 Å². The number of aryl methyl sites for hydroxylation is 1. The third kappa shape index (κ3) is 7.69. The van der Waals surface area contributed by atoms with Gasteiger partial charge in [-0.1, -0.05) is 25.5 Å². The predicted molar refractivity (Wildman–Crippen MR) is 142 cm³/mol. The zero-order valence-electron chi connectivity index (χ0n) is 22.4. The Kier molecular flexibility index (Phi) is 8.96. The van der Waals surface area contributed by atoms with Crippen LogP contribution in [0.15, 0.2) is 59.8 Å². The number of halogens is 4. The third-order valence-corrected chi connectivity index (χ3v) is 7.99. The Morgan fingerprint density at radius 3 is 2.18 bits per heavy atom. The average Bonchev–Trinajstić information content (AvgIpc) is 2.83. The Morgan fingerprint density at radius 1 is 1.03 bits per heavy atom. The molecule has 0 fully saturated rings. The van der Waals surface area contributed by atoms with Crippen LogP contribution in [-0.2, 0) is 22.6 Å². The lowest BCUT2D eigenvalue weighted by atomic mass is 9.77. The van der Waals surface area contributed by atoms with E-state index in [0.29, 0.717) is 18.5 Å². The van der Waals surface area contributed by atoms with Crippen LogP contribution in [0.5, 0.6) is 0 Å².